The van der Waals surface area contributed by atoms with Gasteiger partial charge < -0.3 is 10.6 Å². The van der Waals surface area contributed by atoms with E-state index in [0.29, 0.717) is 11.4 Å². The Morgan fingerprint density at radius 2 is 1.81 bits per heavy atom. The number of carbonyl (C=O) groups excluding carboxylic acids is 2. The lowest BCUT2D eigenvalue weighted by molar-refractivity contribution is -0.118. The van der Waals surface area contributed by atoms with Crippen LogP contribution in [-0.2, 0) is 10.3 Å². The third-order valence-corrected chi connectivity index (χ3v) is 5.71. The Morgan fingerprint density at radius 1 is 1.12 bits per heavy atom. The van der Waals surface area contributed by atoms with Crippen LogP contribution in [0.15, 0.2) is 48.5 Å². The summed E-state index contributed by atoms with van der Waals surface area (Å²) < 4.78 is 15.5. The van der Waals surface area contributed by atoms with Crippen molar-refractivity contribution in [2.24, 2.45) is 0 Å². The van der Waals surface area contributed by atoms with Gasteiger partial charge in [0, 0.05) is 17.0 Å². The molecule has 0 bridgehead atoms. The molecule has 6 nitrogen and oxygen atoms in total. The van der Waals surface area contributed by atoms with E-state index < -0.39 is 12.0 Å². The Morgan fingerprint density at radius 3 is 2.44 bits per heavy atom. The van der Waals surface area contributed by atoms with E-state index in [-0.39, 0.29) is 23.2 Å². The van der Waals surface area contributed by atoms with E-state index >= 15 is 0 Å². The Hall–Kier alpha value is -3.48. The summed E-state index contributed by atoms with van der Waals surface area (Å²) in [6.45, 7) is 9.80. The maximum atomic E-state index is 13.7. The number of hydrogen-bond acceptors (Lipinski definition) is 3. The first-order valence-corrected chi connectivity index (χ1v) is 10.6. The Labute approximate surface area is 186 Å². The van der Waals surface area contributed by atoms with Gasteiger partial charge in [0.05, 0.1) is 11.2 Å². The van der Waals surface area contributed by atoms with Crippen molar-refractivity contribution >= 4 is 17.6 Å². The number of aryl methyl sites for hydroxylation is 2. The van der Waals surface area contributed by atoms with E-state index in [1.807, 2.05) is 40.7 Å². The van der Waals surface area contributed by atoms with Gasteiger partial charge in [-0.05, 0) is 64.4 Å². The first kappa shape index (κ1) is 21.7. The smallest absolute Gasteiger partial charge is 0.251 e. The van der Waals surface area contributed by atoms with Crippen LogP contribution in [0.4, 0.5) is 10.2 Å². The van der Waals surface area contributed by atoms with Gasteiger partial charge in [0.15, 0.2) is 0 Å². The molecule has 166 valence electrons. The van der Waals surface area contributed by atoms with Gasteiger partial charge in [0.2, 0.25) is 5.91 Å². The van der Waals surface area contributed by atoms with Crippen LogP contribution < -0.4 is 10.6 Å². The molecule has 3 aromatic rings. The molecule has 0 saturated carbocycles. The highest BCUT2D eigenvalue weighted by atomic mass is 19.1. The molecule has 32 heavy (non-hydrogen) atoms. The molecule has 1 aliphatic heterocycles. The van der Waals surface area contributed by atoms with Crippen LogP contribution in [-0.4, -0.2) is 27.6 Å². The Balaban J connectivity index is 1.83. The van der Waals surface area contributed by atoms with Crippen molar-refractivity contribution in [1.82, 2.24) is 15.1 Å². The maximum Gasteiger partial charge on any atom is 0.251 e. The molecule has 0 unspecified atom stereocenters. The molecule has 0 aliphatic carbocycles. The molecule has 0 saturated heterocycles. The fourth-order valence-corrected chi connectivity index (χ4v) is 4.22. The van der Waals surface area contributed by atoms with Crippen LogP contribution in [0.5, 0.6) is 0 Å². The fraction of sp³-hybridized carbons (Fsp3) is 0.320. The maximum absolute atomic E-state index is 13.7. The van der Waals surface area contributed by atoms with E-state index in [1.165, 1.54) is 12.1 Å². The monoisotopic (exact) mass is 434 g/mol. The second kappa shape index (κ2) is 7.89. The molecule has 2 atom stereocenters. The van der Waals surface area contributed by atoms with E-state index in [0.717, 1.165) is 22.4 Å². The molecule has 2 aromatic carbocycles. The number of nitrogens with one attached hydrogen (secondary N) is 2. The lowest BCUT2D eigenvalue weighted by Gasteiger charge is -2.34. The van der Waals surface area contributed by atoms with Crippen molar-refractivity contribution in [3.63, 3.8) is 0 Å². The molecule has 2 heterocycles. The number of amides is 2. The van der Waals surface area contributed by atoms with E-state index in [1.54, 1.807) is 35.0 Å². The fourth-order valence-electron chi connectivity index (χ4n) is 4.22. The van der Waals surface area contributed by atoms with Crippen molar-refractivity contribution in [1.29, 1.82) is 0 Å². The Bertz CT molecular complexity index is 1190. The van der Waals surface area contributed by atoms with Gasteiger partial charge in [0.25, 0.3) is 5.91 Å². The minimum Gasteiger partial charge on any atom is -0.339 e. The average Bonchev–Trinajstić information content (AvgIpc) is 3.05. The summed E-state index contributed by atoms with van der Waals surface area (Å²) in [6.07, 6.45) is 0. The molecule has 7 heteroatoms. The zero-order valence-electron chi connectivity index (χ0n) is 18.9. The highest BCUT2D eigenvalue weighted by molar-refractivity contribution is 6.04. The van der Waals surface area contributed by atoms with Crippen molar-refractivity contribution < 1.29 is 14.0 Å². The quantitative estimate of drug-likeness (QED) is 0.646. The zero-order valence-corrected chi connectivity index (χ0v) is 18.9. The first-order valence-electron chi connectivity index (χ1n) is 10.6. The van der Waals surface area contributed by atoms with Crippen LogP contribution in [0.1, 0.15) is 59.4 Å². The molecular weight excluding hydrogens is 407 g/mol. The van der Waals surface area contributed by atoms with Gasteiger partial charge in [-0.15, -0.1) is 0 Å². The van der Waals surface area contributed by atoms with Crippen molar-refractivity contribution in [2.75, 3.05) is 5.32 Å². The Kier molecular flexibility index (Phi) is 5.36. The molecular formula is C25H27FN4O2. The van der Waals surface area contributed by atoms with E-state index in [2.05, 4.69) is 15.7 Å². The van der Waals surface area contributed by atoms with Crippen LogP contribution in [0, 0.1) is 19.7 Å². The lowest BCUT2D eigenvalue weighted by Crippen LogP contribution is -2.51. The molecule has 4 rings (SSSR count). The second-order valence-electron chi connectivity index (χ2n) is 9.27. The summed E-state index contributed by atoms with van der Waals surface area (Å²) in [5.74, 6) is -0.945. The molecule has 0 spiro atoms. The standard InChI is InChI=1S/C25H27FN4O2/c1-14-7-6-8-17(13-14)23(31)27-21-20(16-9-11-18(26)12-10-16)19-15(2)29-30(25(3,4)5)22(19)28-24(21)32/h6-13,20-21H,1-5H3,(H,27,31)(H,28,32)/t20-,21+/m1/s1. The predicted octanol–water partition coefficient (Wildman–Crippen LogP) is 4.28. The topological polar surface area (TPSA) is 76.0 Å². The number of hydrogen-bond donors (Lipinski definition) is 2. The van der Waals surface area contributed by atoms with Gasteiger partial charge in [-0.1, -0.05) is 29.8 Å². The lowest BCUT2D eigenvalue weighted by atomic mass is 9.81. The van der Waals surface area contributed by atoms with Crippen LogP contribution in [0.3, 0.4) is 0 Å². The van der Waals surface area contributed by atoms with Crippen LogP contribution in [0.2, 0.25) is 0 Å². The minimum atomic E-state index is -0.878. The van der Waals surface area contributed by atoms with E-state index in [9.17, 15) is 14.0 Å². The third-order valence-electron chi connectivity index (χ3n) is 5.71. The van der Waals surface area contributed by atoms with Gasteiger partial charge in [-0.3, -0.25) is 9.59 Å². The van der Waals surface area contributed by atoms with Crippen molar-refractivity contribution in [2.45, 2.75) is 52.1 Å². The molecule has 2 amide bonds. The average molecular weight is 435 g/mol. The molecule has 1 aromatic heterocycles. The molecule has 0 radical (unpaired) electrons. The van der Waals surface area contributed by atoms with Gasteiger partial charge >= 0.3 is 0 Å². The zero-order chi connectivity index (χ0) is 23.2. The summed E-state index contributed by atoms with van der Waals surface area (Å²) >= 11 is 0. The molecule has 2 N–H and O–H groups in total. The summed E-state index contributed by atoms with van der Waals surface area (Å²) in [5.41, 5.74) is 3.36. The van der Waals surface area contributed by atoms with Gasteiger partial charge in [-0.25, -0.2) is 9.07 Å². The van der Waals surface area contributed by atoms with Gasteiger partial charge in [0.1, 0.15) is 17.7 Å². The number of rotatable bonds is 3. The number of nitrogens with zero attached hydrogens (tertiary/aromatic N) is 2. The number of fused-ring (bicyclic) bond motifs is 1. The van der Waals surface area contributed by atoms with Crippen LogP contribution in [0.25, 0.3) is 0 Å². The van der Waals surface area contributed by atoms with Crippen molar-refractivity contribution in [3.05, 3.63) is 82.3 Å². The SMILES string of the molecule is Cc1cccc(C(=O)N[C@@H]2C(=O)Nc3c(c(C)nn3C(C)(C)C)[C@H]2c2ccc(F)cc2)c1. The highest BCUT2D eigenvalue weighted by Gasteiger charge is 2.42. The summed E-state index contributed by atoms with van der Waals surface area (Å²) in [4.78, 5) is 26.3. The molecule has 1 aliphatic rings. The normalized spacial score (nSPS) is 18.1. The summed E-state index contributed by atoms with van der Waals surface area (Å²) in [5, 5.41) is 10.6. The summed E-state index contributed by atoms with van der Waals surface area (Å²) in [6, 6.07) is 12.4. The highest BCUT2D eigenvalue weighted by Crippen LogP contribution is 2.41. The number of anilines is 1. The van der Waals surface area contributed by atoms with Crippen molar-refractivity contribution in [3.8, 4) is 0 Å². The minimum absolute atomic E-state index is 0.335. The first-order chi connectivity index (χ1) is 15.1. The summed E-state index contributed by atoms with van der Waals surface area (Å²) in [7, 11) is 0. The predicted molar refractivity (Wildman–Crippen MR) is 121 cm³/mol. The van der Waals surface area contributed by atoms with E-state index in [4.69, 9.17) is 0 Å². The van der Waals surface area contributed by atoms with Gasteiger partial charge in [-0.2, -0.15) is 5.10 Å². The number of halogens is 1. The largest absolute Gasteiger partial charge is 0.339 e. The number of aromatic nitrogens is 2. The third kappa shape index (κ3) is 3.90. The van der Waals surface area contributed by atoms with Crippen LogP contribution >= 0.6 is 0 Å². The molecule has 0 fully saturated rings. The number of carbonyl (C=O) groups is 2. The second-order valence-corrected chi connectivity index (χ2v) is 9.27. The number of benzene rings is 2.